The molecule has 3 nitrogen and oxygen atoms in total. The topological polar surface area (TPSA) is 29.5 Å². The number of ether oxygens (including phenoxy) is 1. The number of amides is 1. The molecule has 23 heavy (non-hydrogen) atoms. The lowest BCUT2D eigenvalue weighted by molar-refractivity contribution is -0.125. The maximum atomic E-state index is 13.1. The zero-order chi connectivity index (χ0) is 16.0. The molecule has 2 aromatic rings. The van der Waals surface area contributed by atoms with Crippen molar-refractivity contribution in [2.75, 3.05) is 4.90 Å². The molecule has 2 heterocycles. The van der Waals surface area contributed by atoms with Crippen molar-refractivity contribution in [3.63, 3.8) is 0 Å². The minimum Gasteiger partial charge on any atom is -0.480 e. The Hall–Kier alpha value is -2.00. The van der Waals surface area contributed by atoms with E-state index < -0.39 is 6.10 Å². The number of fused-ring (bicyclic) bond motifs is 2. The molecule has 2 aromatic carbocycles. The Labute approximate surface area is 140 Å². The monoisotopic (exact) mass is 327 g/mol. The van der Waals surface area contributed by atoms with Gasteiger partial charge >= 0.3 is 0 Å². The Morgan fingerprint density at radius 2 is 2.04 bits per heavy atom. The van der Waals surface area contributed by atoms with Gasteiger partial charge in [-0.15, -0.1) is 0 Å². The smallest absolute Gasteiger partial charge is 0.268 e. The first-order valence-corrected chi connectivity index (χ1v) is 8.37. The van der Waals surface area contributed by atoms with E-state index in [4.69, 9.17) is 16.3 Å². The fourth-order valence-corrected chi connectivity index (χ4v) is 3.73. The third-order valence-corrected chi connectivity index (χ3v) is 4.97. The summed E-state index contributed by atoms with van der Waals surface area (Å²) in [4.78, 5) is 15.0. The van der Waals surface area contributed by atoms with Crippen LogP contribution in [0.2, 0.25) is 5.02 Å². The van der Waals surface area contributed by atoms with Crippen LogP contribution in [-0.2, 0) is 17.6 Å². The van der Waals surface area contributed by atoms with Crippen LogP contribution in [0, 0.1) is 0 Å². The fraction of sp³-hybridized carbons (Fsp3) is 0.316. The zero-order valence-corrected chi connectivity index (χ0v) is 13.7. The second-order valence-electron chi connectivity index (χ2n) is 6.29. The predicted octanol–water partition coefficient (Wildman–Crippen LogP) is 4.01. The van der Waals surface area contributed by atoms with Gasteiger partial charge in [-0.1, -0.05) is 29.8 Å². The van der Waals surface area contributed by atoms with Crippen molar-refractivity contribution in [3.05, 3.63) is 58.6 Å². The second-order valence-corrected chi connectivity index (χ2v) is 6.72. The maximum absolute atomic E-state index is 13.1. The number of anilines is 1. The summed E-state index contributed by atoms with van der Waals surface area (Å²) in [6, 6.07) is 13.9. The molecule has 0 bridgehead atoms. The molecule has 2 aliphatic rings. The highest BCUT2D eigenvalue weighted by Crippen LogP contribution is 2.35. The number of halogens is 1. The normalized spacial score (nSPS) is 22.3. The number of hydrogen-bond acceptors (Lipinski definition) is 2. The summed E-state index contributed by atoms with van der Waals surface area (Å²) in [5, 5.41) is 0.678. The summed E-state index contributed by atoms with van der Waals surface area (Å²) in [5.74, 6) is 0.808. The number of rotatable bonds is 1. The Balaban J connectivity index is 1.63. The van der Waals surface area contributed by atoms with E-state index in [0.29, 0.717) is 11.4 Å². The number of para-hydroxylation sites is 1. The molecule has 0 N–H and O–H groups in total. The first kappa shape index (κ1) is 14.6. The Bertz CT molecular complexity index is 774. The maximum Gasteiger partial charge on any atom is 0.268 e. The van der Waals surface area contributed by atoms with Gasteiger partial charge in [-0.3, -0.25) is 4.79 Å². The van der Waals surface area contributed by atoms with Crippen molar-refractivity contribution in [1.82, 2.24) is 0 Å². The van der Waals surface area contributed by atoms with E-state index >= 15 is 0 Å². The van der Waals surface area contributed by atoms with Crippen LogP contribution in [0.25, 0.3) is 0 Å². The summed E-state index contributed by atoms with van der Waals surface area (Å²) in [5.41, 5.74) is 3.26. The molecule has 0 saturated heterocycles. The molecule has 0 unspecified atom stereocenters. The summed E-state index contributed by atoms with van der Waals surface area (Å²) in [7, 11) is 0. The largest absolute Gasteiger partial charge is 0.480 e. The van der Waals surface area contributed by atoms with Crippen molar-refractivity contribution in [1.29, 1.82) is 0 Å². The summed E-state index contributed by atoms with van der Waals surface area (Å²) in [6.07, 6.45) is 2.12. The Morgan fingerprint density at radius 1 is 1.22 bits per heavy atom. The SMILES string of the molecule is C[C@@H]1CCc2ccccc2N1C(=O)[C@@H]1Cc2cc(Cl)ccc2O1. The van der Waals surface area contributed by atoms with Gasteiger partial charge in [-0.2, -0.15) is 0 Å². The molecule has 1 amide bonds. The summed E-state index contributed by atoms with van der Waals surface area (Å²) in [6.45, 7) is 2.10. The quantitative estimate of drug-likeness (QED) is 0.792. The van der Waals surface area contributed by atoms with E-state index in [1.807, 2.05) is 35.2 Å². The number of carbonyl (C=O) groups is 1. The van der Waals surface area contributed by atoms with Gasteiger partial charge in [0.2, 0.25) is 0 Å². The van der Waals surface area contributed by atoms with Gasteiger partial charge in [0.25, 0.3) is 5.91 Å². The van der Waals surface area contributed by atoms with Crippen LogP contribution >= 0.6 is 11.6 Å². The number of hydrogen-bond donors (Lipinski definition) is 0. The first-order chi connectivity index (χ1) is 11.1. The molecule has 0 aliphatic carbocycles. The Kier molecular flexibility index (Phi) is 3.53. The lowest BCUT2D eigenvalue weighted by Crippen LogP contribution is -2.48. The number of aryl methyl sites for hydroxylation is 1. The van der Waals surface area contributed by atoms with Gasteiger partial charge in [-0.25, -0.2) is 0 Å². The van der Waals surface area contributed by atoms with E-state index in [9.17, 15) is 4.79 Å². The van der Waals surface area contributed by atoms with Crippen LogP contribution in [0.1, 0.15) is 24.5 Å². The van der Waals surface area contributed by atoms with Crippen molar-refractivity contribution < 1.29 is 9.53 Å². The van der Waals surface area contributed by atoms with E-state index in [0.717, 1.165) is 29.8 Å². The van der Waals surface area contributed by atoms with Gasteiger partial charge in [0, 0.05) is 23.2 Å². The molecule has 118 valence electrons. The highest BCUT2D eigenvalue weighted by Gasteiger charge is 2.37. The Morgan fingerprint density at radius 3 is 2.91 bits per heavy atom. The van der Waals surface area contributed by atoms with Crippen molar-refractivity contribution in [2.24, 2.45) is 0 Å². The molecule has 2 aliphatic heterocycles. The molecule has 0 fully saturated rings. The molecule has 4 heteroatoms. The lowest BCUT2D eigenvalue weighted by Gasteiger charge is -2.36. The predicted molar refractivity (Wildman–Crippen MR) is 91.3 cm³/mol. The molecule has 0 radical (unpaired) electrons. The number of carbonyl (C=O) groups excluding carboxylic acids is 1. The first-order valence-electron chi connectivity index (χ1n) is 7.99. The zero-order valence-electron chi connectivity index (χ0n) is 13.0. The van der Waals surface area contributed by atoms with Crippen LogP contribution in [0.3, 0.4) is 0 Å². The highest BCUT2D eigenvalue weighted by atomic mass is 35.5. The van der Waals surface area contributed by atoms with Crippen molar-refractivity contribution >= 4 is 23.2 Å². The standard InChI is InChI=1S/C19H18ClNO2/c1-12-6-7-13-4-2-3-5-16(13)21(12)19(22)18-11-14-10-15(20)8-9-17(14)23-18/h2-5,8-10,12,18H,6-7,11H2,1H3/t12-,18+/m1/s1. The average Bonchev–Trinajstić information content (AvgIpc) is 2.97. The molecule has 0 saturated carbocycles. The molecular weight excluding hydrogens is 310 g/mol. The van der Waals surface area contributed by atoms with Crippen LogP contribution in [-0.4, -0.2) is 18.1 Å². The minimum atomic E-state index is -0.461. The molecule has 4 rings (SSSR count). The highest BCUT2D eigenvalue weighted by molar-refractivity contribution is 6.30. The van der Waals surface area contributed by atoms with Gasteiger partial charge in [0.1, 0.15) is 5.75 Å². The minimum absolute atomic E-state index is 0.0389. The van der Waals surface area contributed by atoms with E-state index in [2.05, 4.69) is 13.0 Å². The molecule has 2 atom stereocenters. The fourth-order valence-electron chi connectivity index (χ4n) is 3.53. The van der Waals surface area contributed by atoms with Gasteiger partial charge < -0.3 is 9.64 Å². The molecule has 0 spiro atoms. The summed E-state index contributed by atoms with van der Waals surface area (Å²) >= 11 is 6.04. The van der Waals surface area contributed by atoms with Crippen LogP contribution < -0.4 is 9.64 Å². The van der Waals surface area contributed by atoms with Crippen LogP contribution in [0.15, 0.2) is 42.5 Å². The average molecular weight is 328 g/mol. The van der Waals surface area contributed by atoms with Gasteiger partial charge in [0.05, 0.1) is 0 Å². The lowest BCUT2D eigenvalue weighted by atomic mass is 9.95. The summed E-state index contributed by atoms with van der Waals surface area (Å²) < 4.78 is 5.89. The third-order valence-electron chi connectivity index (χ3n) is 4.73. The second kappa shape index (κ2) is 5.57. The van der Waals surface area contributed by atoms with Crippen molar-refractivity contribution in [3.8, 4) is 5.75 Å². The van der Waals surface area contributed by atoms with Gasteiger partial charge in [-0.05, 0) is 55.2 Å². The van der Waals surface area contributed by atoms with E-state index in [-0.39, 0.29) is 11.9 Å². The van der Waals surface area contributed by atoms with Crippen LogP contribution in [0.4, 0.5) is 5.69 Å². The molecular formula is C19H18ClNO2. The third kappa shape index (κ3) is 2.49. The molecule has 0 aromatic heterocycles. The van der Waals surface area contributed by atoms with Gasteiger partial charge in [0.15, 0.2) is 6.10 Å². The van der Waals surface area contributed by atoms with E-state index in [1.54, 1.807) is 6.07 Å². The number of benzene rings is 2. The van der Waals surface area contributed by atoms with Crippen LogP contribution in [0.5, 0.6) is 5.75 Å². The van der Waals surface area contributed by atoms with E-state index in [1.165, 1.54) is 5.56 Å². The van der Waals surface area contributed by atoms with Crippen molar-refractivity contribution in [2.45, 2.75) is 38.3 Å². The number of nitrogens with zero attached hydrogens (tertiary/aromatic N) is 1.